The Morgan fingerprint density at radius 3 is 2.85 bits per heavy atom. The van der Waals surface area contributed by atoms with E-state index < -0.39 is 0 Å². The Labute approximate surface area is 77.8 Å². The van der Waals surface area contributed by atoms with Gasteiger partial charge in [0.1, 0.15) is 0 Å². The van der Waals surface area contributed by atoms with Gasteiger partial charge in [-0.25, -0.2) is 0 Å². The second-order valence-corrected chi connectivity index (χ2v) is 3.53. The number of hydrogen-bond acceptors (Lipinski definition) is 4. The lowest BCUT2D eigenvalue weighted by Gasteiger charge is -2.15. The lowest BCUT2D eigenvalue weighted by molar-refractivity contribution is 0.750. The molecule has 2 rings (SSSR count). The third kappa shape index (κ3) is 1.78. The molecule has 2 heterocycles. The number of nitrogens with zero attached hydrogens (tertiary/aromatic N) is 3. The molecular weight excluding hydrogens is 164 g/mol. The van der Waals surface area contributed by atoms with Gasteiger partial charge in [0.2, 0.25) is 0 Å². The van der Waals surface area contributed by atoms with Crippen molar-refractivity contribution < 1.29 is 0 Å². The Hall–Kier alpha value is -1.16. The van der Waals surface area contributed by atoms with Gasteiger partial charge in [-0.2, -0.15) is 5.10 Å². The molecule has 0 saturated carbocycles. The van der Waals surface area contributed by atoms with Crippen molar-refractivity contribution in [1.82, 2.24) is 10.2 Å². The molecule has 0 amide bonds. The molecule has 1 atom stereocenters. The first kappa shape index (κ1) is 8.44. The molecule has 4 heteroatoms. The summed E-state index contributed by atoms with van der Waals surface area (Å²) in [5.41, 5.74) is 6.75. The number of aryl methyl sites for hydroxylation is 1. The van der Waals surface area contributed by atoms with Crippen molar-refractivity contribution >= 4 is 5.82 Å². The van der Waals surface area contributed by atoms with Crippen LogP contribution in [0.5, 0.6) is 0 Å². The van der Waals surface area contributed by atoms with Gasteiger partial charge in [0.05, 0.1) is 5.69 Å². The molecule has 13 heavy (non-hydrogen) atoms. The fourth-order valence-electron chi connectivity index (χ4n) is 1.56. The fraction of sp³-hybridized carbons (Fsp3) is 0.556. The SMILES string of the molecule is Cc1ccc(N2CCC(N)C2)nn1. The predicted octanol–water partition coefficient (Wildman–Crippen LogP) is 0.322. The number of aromatic nitrogens is 2. The second-order valence-electron chi connectivity index (χ2n) is 3.53. The van der Waals surface area contributed by atoms with Crippen molar-refractivity contribution in [2.75, 3.05) is 18.0 Å². The molecule has 2 N–H and O–H groups in total. The highest BCUT2D eigenvalue weighted by Crippen LogP contribution is 2.15. The Morgan fingerprint density at radius 1 is 1.46 bits per heavy atom. The summed E-state index contributed by atoms with van der Waals surface area (Å²) in [6, 6.07) is 4.27. The van der Waals surface area contributed by atoms with E-state index in [2.05, 4.69) is 15.1 Å². The highest BCUT2D eigenvalue weighted by molar-refractivity contribution is 5.38. The van der Waals surface area contributed by atoms with Gasteiger partial charge >= 0.3 is 0 Å². The molecule has 0 spiro atoms. The van der Waals surface area contributed by atoms with Crippen LogP contribution in [-0.4, -0.2) is 29.3 Å². The number of rotatable bonds is 1. The Kier molecular flexibility index (Phi) is 2.14. The first-order valence-corrected chi connectivity index (χ1v) is 4.56. The largest absolute Gasteiger partial charge is 0.354 e. The molecule has 0 aliphatic carbocycles. The topological polar surface area (TPSA) is 55.0 Å². The van der Waals surface area contributed by atoms with Crippen LogP contribution < -0.4 is 10.6 Å². The van der Waals surface area contributed by atoms with Gasteiger partial charge in [-0.15, -0.1) is 5.10 Å². The average Bonchev–Trinajstić information content (AvgIpc) is 2.53. The van der Waals surface area contributed by atoms with Crippen molar-refractivity contribution in [2.45, 2.75) is 19.4 Å². The van der Waals surface area contributed by atoms with Crippen LogP contribution in [0, 0.1) is 6.92 Å². The average molecular weight is 178 g/mol. The van der Waals surface area contributed by atoms with Crippen LogP contribution in [0.15, 0.2) is 12.1 Å². The normalized spacial score (nSPS) is 22.3. The summed E-state index contributed by atoms with van der Waals surface area (Å²) in [5.74, 6) is 0.943. The maximum absolute atomic E-state index is 5.80. The Morgan fingerprint density at radius 2 is 2.31 bits per heavy atom. The second kappa shape index (κ2) is 3.30. The van der Waals surface area contributed by atoms with Crippen LogP contribution in [0.2, 0.25) is 0 Å². The van der Waals surface area contributed by atoms with E-state index in [4.69, 9.17) is 5.73 Å². The number of hydrogen-bond donors (Lipinski definition) is 1. The van der Waals surface area contributed by atoms with Crippen molar-refractivity contribution in [3.63, 3.8) is 0 Å². The molecule has 4 nitrogen and oxygen atoms in total. The zero-order valence-electron chi connectivity index (χ0n) is 7.77. The van der Waals surface area contributed by atoms with Gasteiger partial charge in [-0.05, 0) is 25.5 Å². The quantitative estimate of drug-likeness (QED) is 0.673. The summed E-state index contributed by atoms with van der Waals surface area (Å²) in [6.45, 7) is 3.84. The number of anilines is 1. The van der Waals surface area contributed by atoms with Crippen LogP contribution in [0.25, 0.3) is 0 Å². The first-order valence-electron chi connectivity index (χ1n) is 4.56. The molecule has 1 aromatic heterocycles. The third-order valence-corrected chi connectivity index (χ3v) is 2.33. The Balaban J connectivity index is 2.13. The maximum Gasteiger partial charge on any atom is 0.151 e. The van der Waals surface area contributed by atoms with Crippen molar-refractivity contribution in [3.05, 3.63) is 17.8 Å². The molecule has 1 aliphatic rings. The highest BCUT2D eigenvalue weighted by Gasteiger charge is 2.19. The van der Waals surface area contributed by atoms with Gasteiger partial charge in [-0.1, -0.05) is 0 Å². The zero-order valence-corrected chi connectivity index (χ0v) is 7.77. The van der Waals surface area contributed by atoms with Gasteiger partial charge in [0.15, 0.2) is 5.82 Å². The van der Waals surface area contributed by atoms with E-state index in [1.807, 2.05) is 19.1 Å². The molecule has 70 valence electrons. The molecule has 1 fully saturated rings. The van der Waals surface area contributed by atoms with E-state index in [1.54, 1.807) is 0 Å². The maximum atomic E-state index is 5.80. The van der Waals surface area contributed by atoms with Crippen LogP contribution in [0.4, 0.5) is 5.82 Å². The third-order valence-electron chi connectivity index (χ3n) is 2.33. The molecule has 0 bridgehead atoms. The van der Waals surface area contributed by atoms with Crippen molar-refractivity contribution in [2.24, 2.45) is 5.73 Å². The van der Waals surface area contributed by atoms with Crippen LogP contribution in [0.1, 0.15) is 12.1 Å². The minimum absolute atomic E-state index is 0.295. The van der Waals surface area contributed by atoms with Crippen molar-refractivity contribution in [1.29, 1.82) is 0 Å². The summed E-state index contributed by atoms with van der Waals surface area (Å²) in [4.78, 5) is 2.18. The molecular formula is C9H14N4. The van der Waals surface area contributed by atoms with Gasteiger partial charge in [0.25, 0.3) is 0 Å². The van der Waals surface area contributed by atoms with E-state index in [0.717, 1.165) is 31.0 Å². The van der Waals surface area contributed by atoms with Crippen LogP contribution >= 0.6 is 0 Å². The molecule has 1 saturated heterocycles. The standard InChI is InChI=1S/C9H14N4/c1-7-2-3-9(12-11-7)13-5-4-8(10)6-13/h2-3,8H,4-6,10H2,1H3. The molecule has 1 aromatic rings. The lowest BCUT2D eigenvalue weighted by atomic mass is 10.3. The fourth-order valence-corrected chi connectivity index (χ4v) is 1.56. The summed E-state index contributed by atoms with van der Waals surface area (Å²) < 4.78 is 0. The van der Waals surface area contributed by atoms with Gasteiger partial charge in [0, 0.05) is 19.1 Å². The minimum atomic E-state index is 0.295. The van der Waals surface area contributed by atoms with Crippen molar-refractivity contribution in [3.8, 4) is 0 Å². The predicted molar refractivity (Wildman–Crippen MR) is 51.6 cm³/mol. The zero-order chi connectivity index (χ0) is 9.26. The molecule has 0 radical (unpaired) electrons. The Bertz CT molecular complexity index is 282. The highest BCUT2D eigenvalue weighted by atomic mass is 15.3. The van der Waals surface area contributed by atoms with E-state index in [9.17, 15) is 0 Å². The summed E-state index contributed by atoms with van der Waals surface area (Å²) >= 11 is 0. The van der Waals surface area contributed by atoms with Crippen LogP contribution in [-0.2, 0) is 0 Å². The molecule has 1 unspecified atom stereocenters. The van der Waals surface area contributed by atoms with E-state index in [-0.39, 0.29) is 0 Å². The van der Waals surface area contributed by atoms with E-state index in [0.29, 0.717) is 6.04 Å². The van der Waals surface area contributed by atoms with Crippen LogP contribution in [0.3, 0.4) is 0 Å². The summed E-state index contributed by atoms with van der Waals surface area (Å²) in [6.07, 6.45) is 1.05. The van der Waals surface area contributed by atoms with Gasteiger partial charge < -0.3 is 10.6 Å². The first-order chi connectivity index (χ1) is 6.25. The molecule has 0 aromatic carbocycles. The minimum Gasteiger partial charge on any atom is -0.354 e. The number of nitrogens with two attached hydrogens (primary N) is 1. The van der Waals surface area contributed by atoms with E-state index in [1.165, 1.54) is 0 Å². The monoisotopic (exact) mass is 178 g/mol. The van der Waals surface area contributed by atoms with Gasteiger partial charge in [-0.3, -0.25) is 0 Å². The summed E-state index contributed by atoms with van der Waals surface area (Å²) in [5, 5.41) is 8.13. The molecule has 1 aliphatic heterocycles. The lowest BCUT2D eigenvalue weighted by Crippen LogP contribution is -2.27. The van der Waals surface area contributed by atoms with E-state index >= 15 is 0 Å². The smallest absolute Gasteiger partial charge is 0.151 e. The summed E-state index contributed by atoms with van der Waals surface area (Å²) in [7, 11) is 0.